The summed E-state index contributed by atoms with van der Waals surface area (Å²) in [6.07, 6.45) is 0. The van der Waals surface area contributed by atoms with Gasteiger partial charge < -0.3 is 15.4 Å². The van der Waals surface area contributed by atoms with Gasteiger partial charge in [-0.1, -0.05) is 15.9 Å². The van der Waals surface area contributed by atoms with Crippen molar-refractivity contribution in [1.29, 1.82) is 0 Å². The fraction of sp³-hybridized carbons (Fsp3) is 0.278. The van der Waals surface area contributed by atoms with Crippen LogP contribution in [0.15, 0.2) is 45.8 Å². The summed E-state index contributed by atoms with van der Waals surface area (Å²) >= 11 is 3.43. The number of aryl methyl sites for hydroxylation is 1. The van der Waals surface area contributed by atoms with E-state index in [1.165, 1.54) is 39.4 Å². The third-order valence-electron chi connectivity index (χ3n) is 3.83. The molecule has 0 saturated heterocycles. The summed E-state index contributed by atoms with van der Waals surface area (Å²) in [6.45, 7) is 1.98. The lowest BCUT2D eigenvalue weighted by Crippen LogP contribution is -2.24. The molecule has 9 heteroatoms. The number of amides is 1. The van der Waals surface area contributed by atoms with Crippen molar-refractivity contribution < 1.29 is 17.9 Å². The van der Waals surface area contributed by atoms with Gasteiger partial charge in [-0.3, -0.25) is 4.79 Å². The molecule has 0 bridgehead atoms. The Kier molecular flexibility index (Phi) is 6.85. The van der Waals surface area contributed by atoms with E-state index in [0.29, 0.717) is 11.4 Å². The summed E-state index contributed by atoms with van der Waals surface area (Å²) in [6, 6.07) is 10.0. The van der Waals surface area contributed by atoms with Gasteiger partial charge in [0.05, 0.1) is 24.2 Å². The lowest BCUT2D eigenvalue weighted by Gasteiger charge is -2.15. The van der Waals surface area contributed by atoms with Crippen LogP contribution in [0.3, 0.4) is 0 Å². The van der Waals surface area contributed by atoms with Gasteiger partial charge in [0.2, 0.25) is 15.9 Å². The standard InChI is InChI=1S/C18H22BrN3O4S/c1-12-9-13(5-7-15(12)19)20-11-18(23)21-16-10-14(6-8-17(16)26-4)27(24,25)22(2)3/h5-10,20H,11H2,1-4H3,(H,21,23). The molecule has 0 aliphatic heterocycles. The fourth-order valence-electron chi connectivity index (χ4n) is 2.29. The monoisotopic (exact) mass is 455 g/mol. The van der Waals surface area contributed by atoms with Crippen molar-refractivity contribution in [3.05, 3.63) is 46.4 Å². The zero-order valence-corrected chi connectivity index (χ0v) is 17.9. The number of ether oxygens (including phenoxy) is 1. The predicted octanol–water partition coefficient (Wildman–Crippen LogP) is 3.07. The Balaban J connectivity index is 2.15. The van der Waals surface area contributed by atoms with Crippen LogP contribution in [0.1, 0.15) is 5.56 Å². The van der Waals surface area contributed by atoms with Gasteiger partial charge in [-0.25, -0.2) is 12.7 Å². The molecule has 0 atom stereocenters. The van der Waals surface area contributed by atoms with E-state index in [1.807, 2.05) is 25.1 Å². The molecule has 0 aromatic heterocycles. The highest BCUT2D eigenvalue weighted by atomic mass is 79.9. The van der Waals surface area contributed by atoms with Crippen LogP contribution >= 0.6 is 15.9 Å². The number of halogens is 1. The molecule has 2 N–H and O–H groups in total. The van der Waals surface area contributed by atoms with Crippen molar-refractivity contribution in [1.82, 2.24) is 4.31 Å². The number of hydrogen-bond acceptors (Lipinski definition) is 5. The maximum Gasteiger partial charge on any atom is 0.243 e. The van der Waals surface area contributed by atoms with E-state index in [0.717, 1.165) is 20.0 Å². The summed E-state index contributed by atoms with van der Waals surface area (Å²) < 4.78 is 31.9. The van der Waals surface area contributed by atoms with Crippen molar-refractivity contribution in [2.45, 2.75) is 11.8 Å². The number of sulfonamides is 1. The first-order valence-corrected chi connectivity index (χ1v) is 10.3. The maximum atomic E-state index is 12.3. The first-order valence-electron chi connectivity index (χ1n) is 8.05. The topological polar surface area (TPSA) is 87.7 Å². The first kappa shape index (κ1) is 21.2. The van der Waals surface area contributed by atoms with Crippen molar-refractivity contribution >= 4 is 43.2 Å². The highest BCUT2D eigenvalue weighted by Crippen LogP contribution is 2.28. The van der Waals surface area contributed by atoms with E-state index in [1.54, 1.807) is 0 Å². The molecule has 0 fully saturated rings. The first-order chi connectivity index (χ1) is 12.6. The Labute approximate surface area is 167 Å². The number of carbonyl (C=O) groups excluding carboxylic acids is 1. The second-order valence-corrected chi connectivity index (χ2v) is 9.02. The van der Waals surface area contributed by atoms with Gasteiger partial charge in [0.1, 0.15) is 5.75 Å². The van der Waals surface area contributed by atoms with Crippen molar-refractivity contribution in [3.8, 4) is 5.75 Å². The normalized spacial score (nSPS) is 11.3. The van der Waals surface area contributed by atoms with Crippen LogP contribution in [-0.2, 0) is 14.8 Å². The molecule has 2 aromatic carbocycles. The average molecular weight is 456 g/mol. The van der Waals surface area contributed by atoms with Crippen LogP contribution in [0.5, 0.6) is 5.75 Å². The molecular weight excluding hydrogens is 434 g/mol. The van der Waals surface area contributed by atoms with E-state index in [4.69, 9.17) is 4.74 Å². The molecule has 2 rings (SSSR count). The van der Waals surface area contributed by atoms with Gasteiger partial charge in [0.25, 0.3) is 0 Å². The molecule has 0 heterocycles. The second kappa shape index (κ2) is 8.73. The highest BCUT2D eigenvalue weighted by molar-refractivity contribution is 9.10. The van der Waals surface area contributed by atoms with E-state index >= 15 is 0 Å². The van der Waals surface area contributed by atoms with Gasteiger partial charge >= 0.3 is 0 Å². The minimum absolute atomic E-state index is 0.0227. The molecule has 0 aliphatic rings. The molecule has 0 spiro atoms. The lowest BCUT2D eigenvalue weighted by molar-refractivity contribution is -0.114. The number of hydrogen-bond donors (Lipinski definition) is 2. The maximum absolute atomic E-state index is 12.3. The lowest BCUT2D eigenvalue weighted by atomic mass is 10.2. The largest absolute Gasteiger partial charge is 0.495 e. The number of methoxy groups -OCH3 is 1. The van der Waals surface area contributed by atoms with Crippen LogP contribution < -0.4 is 15.4 Å². The van der Waals surface area contributed by atoms with Crippen LogP contribution in [0.4, 0.5) is 11.4 Å². The average Bonchev–Trinajstić information content (AvgIpc) is 2.62. The predicted molar refractivity (Wildman–Crippen MR) is 110 cm³/mol. The smallest absolute Gasteiger partial charge is 0.243 e. The van der Waals surface area contributed by atoms with Crippen LogP contribution in [0.25, 0.3) is 0 Å². The SMILES string of the molecule is COc1ccc(S(=O)(=O)N(C)C)cc1NC(=O)CNc1ccc(Br)c(C)c1. The van der Waals surface area contributed by atoms with Crippen LogP contribution in [0, 0.1) is 6.92 Å². The quantitative estimate of drug-likeness (QED) is 0.669. The Morgan fingerprint density at radius 2 is 1.89 bits per heavy atom. The zero-order valence-electron chi connectivity index (χ0n) is 15.5. The second-order valence-electron chi connectivity index (χ2n) is 6.02. The number of carbonyl (C=O) groups is 1. The molecule has 0 saturated carbocycles. The Bertz CT molecular complexity index is 946. The minimum atomic E-state index is -3.62. The Hall–Kier alpha value is -2.10. The van der Waals surface area contributed by atoms with Crippen LogP contribution in [-0.4, -0.2) is 46.4 Å². The molecule has 0 aliphatic carbocycles. The zero-order chi connectivity index (χ0) is 20.2. The van der Waals surface area contributed by atoms with Gasteiger partial charge in [-0.2, -0.15) is 0 Å². The van der Waals surface area contributed by atoms with E-state index in [2.05, 4.69) is 26.6 Å². The van der Waals surface area contributed by atoms with E-state index < -0.39 is 10.0 Å². The molecule has 146 valence electrons. The third kappa shape index (κ3) is 5.21. The molecule has 0 unspecified atom stereocenters. The minimum Gasteiger partial charge on any atom is -0.495 e. The highest BCUT2D eigenvalue weighted by Gasteiger charge is 2.19. The molecule has 7 nitrogen and oxygen atoms in total. The number of nitrogens with zero attached hydrogens (tertiary/aromatic N) is 1. The number of nitrogens with one attached hydrogen (secondary N) is 2. The van der Waals surface area contributed by atoms with Gasteiger partial charge in [-0.15, -0.1) is 0 Å². The molecular formula is C18H22BrN3O4S. The number of benzene rings is 2. The van der Waals surface area contributed by atoms with Crippen molar-refractivity contribution in [3.63, 3.8) is 0 Å². The summed E-state index contributed by atoms with van der Waals surface area (Å²) in [7, 11) is 0.727. The van der Waals surface area contributed by atoms with Crippen molar-refractivity contribution in [2.75, 3.05) is 38.4 Å². The third-order valence-corrected chi connectivity index (χ3v) is 6.54. The summed E-state index contributed by atoms with van der Waals surface area (Å²) in [5, 5.41) is 5.72. The molecule has 1 amide bonds. The van der Waals surface area contributed by atoms with E-state index in [9.17, 15) is 13.2 Å². The van der Waals surface area contributed by atoms with E-state index in [-0.39, 0.29) is 17.3 Å². The van der Waals surface area contributed by atoms with Crippen molar-refractivity contribution in [2.24, 2.45) is 0 Å². The van der Waals surface area contributed by atoms with Gasteiger partial charge in [-0.05, 0) is 48.9 Å². The Morgan fingerprint density at radius 3 is 2.48 bits per heavy atom. The van der Waals surface area contributed by atoms with Gasteiger partial charge in [0, 0.05) is 24.3 Å². The molecule has 2 aromatic rings. The fourth-order valence-corrected chi connectivity index (χ4v) is 3.46. The summed E-state index contributed by atoms with van der Waals surface area (Å²) in [5.74, 6) is 0.0498. The molecule has 0 radical (unpaired) electrons. The van der Waals surface area contributed by atoms with Gasteiger partial charge in [0.15, 0.2) is 0 Å². The number of anilines is 2. The van der Waals surface area contributed by atoms with Crippen LogP contribution in [0.2, 0.25) is 0 Å². The molecule has 27 heavy (non-hydrogen) atoms. The number of rotatable bonds is 7. The summed E-state index contributed by atoms with van der Waals surface area (Å²) in [5.41, 5.74) is 2.14. The summed E-state index contributed by atoms with van der Waals surface area (Å²) in [4.78, 5) is 12.4. The Morgan fingerprint density at radius 1 is 1.19 bits per heavy atom.